The number of aliphatic hydroxyl groups is 1. The van der Waals surface area contributed by atoms with Crippen molar-refractivity contribution in [2.75, 3.05) is 0 Å². The van der Waals surface area contributed by atoms with Crippen molar-refractivity contribution in [3.63, 3.8) is 0 Å². The van der Waals surface area contributed by atoms with Gasteiger partial charge in [0.05, 0.1) is 12.1 Å². The molecule has 2 N–H and O–H groups in total. The van der Waals surface area contributed by atoms with Gasteiger partial charge in [-0.25, -0.2) is 0 Å². The van der Waals surface area contributed by atoms with Crippen molar-refractivity contribution >= 4 is 5.91 Å². The molecule has 0 aliphatic heterocycles. The van der Waals surface area contributed by atoms with Crippen molar-refractivity contribution in [2.24, 2.45) is 0 Å². The summed E-state index contributed by atoms with van der Waals surface area (Å²) in [4.78, 5) is 12.9. The monoisotopic (exact) mass is 334 g/mol. The fraction of sp³-hybridized carbons (Fsp3) is 0.200. The summed E-state index contributed by atoms with van der Waals surface area (Å²) in [5, 5.41) is 17.4. The maximum atomic E-state index is 12.9. The van der Waals surface area contributed by atoms with Crippen LogP contribution < -0.4 is 5.32 Å². The highest BCUT2D eigenvalue weighted by atomic mass is 16.5. The molecule has 5 nitrogen and oxygen atoms in total. The maximum absolute atomic E-state index is 12.9. The average molecular weight is 334 g/mol. The third-order valence-electron chi connectivity index (χ3n) is 4.63. The molecule has 2 atom stereocenters. The number of fused-ring (bicyclic) bond motifs is 1. The summed E-state index contributed by atoms with van der Waals surface area (Å²) in [7, 11) is 0. The van der Waals surface area contributed by atoms with Crippen LogP contribution in [-0.4, -0.2) is 22.3 Å². The second-order valence-corrected chi connectivity index (χ2v) is 6.25. The smallest absolute Gasteiger partial charge is 0.257 e. The van der Waals surface area contributed by atoms with E-state index in [2.05, 4.69) is 10.5 Å². The number of aliphatic hydroxyl groups excluding tert-OH is 1. The van der Waals surface area contributed by atoms with Gasteiger partial charge in [0, 0.05) is 12.0 Å². The fourth-order valence-corrected chi connectivity index (χ4v) is 3.39. The van der Waals surface area contributed by atoms with E-state index in [4.69, 9.17) is 4.52 Å². The number of benzene rings is 2. The van der Waals surface area contributed by atoms with Crippen molar-refractivity contribution < 1.29 is 14.4 Å². The number of carbonyl (C=O) groups excluding carboxylic acids is 1. The minimum Gasteiger partial charge on any atom is -0.390 e. The van der Waals surface area contributed by atoms with Gasteiger partial charge in [-0.2, -0.15) is 0 Å². The second-order valence-electron chi connectivity index (χ2n) is 6.25. The first kappa shape index (κ1) is 15.6. The lowest BCUT2D eigenvalue weighted by Gasteiger charge is -2.18. The Bertz CT molecular complexity index is 918. The van der Waals surface area contributed by atoms with Crippen LogP contribution in [-0.2, 0) is 6.42 Å². The third-order valence-corrected chi connectivity index (χ3v) is 4.63. The van der Waals surface area contributed by atoms with Crippen LogP contribution in [0.15, 0.2) is 59.1 Å². The normalized spacial score (nSPS) is 18.8. The van der Waals surface area contributed by atoms with Gasteiger partial charge in [0.25, 0.3) is 5.91 Å². The van der Waals surface area contributed by atoms with Gasteiger partial charge in [0.2, 0.25) is 0 Å². The van der Waals surface area contributed by atoms with Crippen LogP contribution in [0.4, 0.5) is 0 Å². The largest absolute Gasteiger partial charge is 0.390 e. The van der Waals surface area contributed by atoms with E-state index < -0.39 is 12.1 Å². The van der Waals surface area contributed by atoms with E-state index in [0.29, 0.717) is 23.4 Å². The number of hydrogen-bond donors (Lipinski definition) is 2. The summed E-state index contributed by atoms with van der Waals surface area (Å²) in [5.74, 6) is 0.162. The Labute approximate surface area is 145 Å². The van der Waals surface area contributed by atoms with Crippen molar-refractivity contribution in [3.8, 4) is 11.3 Å². The first-order valence-corrected chi connectivity index (χ1v) is 8.23. The van der Waals surface area contributed by atoms with Crippen LogP contribution >= 0.6 is 0 Å². The van der Waals surface area contributed by atoms with Gasteiger partial charge in [0.15, 0.2) is 0 Å². The Kier molecular flexibility index (Phi) is 3.86. The number of hydrogen-bond acceptors (Lipinski definition) is 4. The molecule has 0 saturated heterocycles. The molecule has 25 heavy (non-hydrogen) atoms. The highest BCUT2D eigenvalue weighted by Gasteiger charge is 2.33. The number of carbonyl (C=O) groups is 1. The van der Waals surface area contributed by atoms with E-state index in [1.54, 1.807) is 6.92 Å². The predicted octanol–water partition coefficient (Wildman–Crippen LogP) is 3.04. The number of aryl methyl sites for hydroxylation is 1. The van der Waals surface area contributed by atoms with Gasteiger partial charge in [0.1, 0.15) is 17.0 Å². The predicted molar refractivity (Wildman–Crippen MR) is 93.0 cm³/mol. The highest BCUT2D eigenvalue weighted by molar-refractivity contribution is 6.01. The third kappa shape index (κ3) is 2.72. The summed E-state index contributed by atoms with van der Waals surface area (Å²) in [6.45, 7) is 1.72. The summed E-state index contributed by atoms with van der Waals surface area (Å²) >= 11 is 0. The Morgan fingerprint density at radius 3 is 2.68 bits per heavy atom. The molecule has 0 radical (unpaired) electrons. The van der Waals surface area contributed by atoms with Crippen LogP contribution in [0.5, 0.6) is 0 Å². The fourth-order valence-electron chi connectivity index (χ4n) is 3.39. The molecule has 1 amide bonds. The van der Waals surface area contributed by atoms with E-state index in [1.165, 1.54) is 0 Å². The average Bonchev–Trinajstić information content (AvgIpc) is 3.16. The van der Waals surface area contributed by atoms with E-state index in [-0.39, 0.29) is 5.91 Å². The Morgan fingerprint density at radius 2 is 1.88 bits per heavy atom. The van der Waals surface area contributed by atoms with E-state index in [9.17, 15) is 9.90 Å². The van der Waals surface area contributed by atoms with Crippen molar-refractivity contribution in [3.05, 3.63) is 77.0 Å². The quantitative estimate of drug-likeness (QED) is 0.772. The minimum atomic E-state index is -0.637. The standard InChI is InChI=1S/C20H18N2O3/c1-12-17(18(22-25-12)13-7-3-2-4-8-13)20(24)21-19-15-10-6-5-9-14(15)11-16(19)23/h2-10,16,19,23H,11H2,1H3,(H,21,24)/t16-,19-/m0/s1. The van der Waals surface area contributed by atoms with Crippen molar-refractivity contribution in [2.45, 2.75) is 25.5 Å². The summed E-state index contributed by atoms with van der Waals surface area (Å²) in [6, 6.07) is 16.8. The van der Waals surface area contributed by atoms with Crippen molar-refractivity contribution in [1.29, 1.82) is 0 Å². The first-order chi connectivity index (χ1) is 12.1. The molecule has 0 saturated carbocycles. The molecular formula is C20H18N2O3. The van der Waals surface area contributed by atoms with Crippen LogP contribution in [0.25, 0.3) is 11.3 Å². The van der Waals surface area contributed by atoms with Crippen molar-refractivity contribution in [1.82, 2.24) is 10.5 Å². The lowest BCUT2D eigenvalue weighted by atomic mass is 10.0. The number of nitrogens with one attached hydrogen (secondary N) is 1. The van der Waals surface area contributed by atoms with Gasteiger partial charge in [-0.05, 0) is 18.1 Å². The summed E-state index contributed by atoms with van der Waals surface area (Å²) < 4.78 is 5.26. The Balaban J connectivity index is 1.66. The molecule has 0 unspecified atom stereocenters. The molecule has 1 heterocycles. The zero-order valence-electron chi connectivity index (χ0n) is 13.8. The van der Waals surface area contributed by atoms with Crippen LogP contribution in [0.2, 0.25) is 0 Å². The SMILES string of the molecule is Cc1onc(-c2ccccc2)c1C(=O)N[C@H]1c2ccccc2C[C@@H]1O. The van der Waals surface area contributed by atoms with E-state index >= 15 is 0 Å². The van der Waals surface area contributed by atoms with Crippen LogP contribution in [0.1, 0.15) is 33.3 Å². The van der Waals surface area contributed by atoms with Gasteiger partial charge < -0.3 is 14.9 Å². The number of amides is 1. The molecule has 0 bridgehead atoms. The van der Waals surface area contributed by atoms with Gasteiger partial charge in [-0.1, -0.05) is 59.8 Å². The lowest BCUT2D eigenvalue weighted by Crippen LogP contribution is -2.34. The Morgan fingerprint density at radius 1 is 1.16 bits per heavy atom. The number of rotatable bonds is 3. The van der Waals surface area contributed by atoms with Gasteiger partial charge >= 0.3 is 0 Å². The van der Waals surface area contributed by atoms with E-state index in [0.717, 1.165) is 16.7 Å². The molecule has 126 valence electrons. The Hall–Kier alpha value is -2.92. The summed E-state index contributed by atoms with van der Waals surface area (Å²) in [5.41, 5.74) is 3.75. The molecule has 2 aromatic carbocycles. The molecule has 5 heteroatoms. The molecular weight excluding hydrogens is 316 g/mol. The molecule has 0 fully saturated rings. The second kappa shape index (κ2) is 6.18. The van der Waals surface area contributed by atoms with E-state index in [1.807, 2.05) is 54.6 Å². The lowest BCUT2D eigenvalue weighted by molar-refractivity contribution is 0.0857. The minimum absolute atomic E-state index is 0.293. The zero-order chi connectivity index (χ0) is 17.4. The van der Waals surface area contributed by atoms with Gasteiger partial charge in [-0.15, -0.1) is 0 Å². The van der Waals surface area contributed by atoms with Crippen LogP contribution in [0, 0.1) is 6.92 Å². The molecule has 4 rings (SSSR count). The molecule has 1 aliphatic rings. The number of nitrogens with zero attached hydrogens (tertiary/aromatic N) is 1. The first-order valence-electron chi connectivity index (χ1n) is 8.23. The van der Waals surface area contributed by atoms with Gasteiger partial charge in [-0.3, -0.25) is 4.79 Å². The maximum Gasteiger partial charge on any atom is 0.257 e. The molecule has 1 aliphatic carbocycles. The van der Waals surface area contributed by atoms with Crippen LogP contribution in [0.3, 0.4) is 0 Å². The molecule has 3 aromatic rings. The molecule has 0 spiro atoms. The highest BCUT2D eigenvalue weighted by Crippen LogP contribution is 2.32. The number of aromatic nitrogens is 1. The topological polar surface area (TPSA) is 75.4 Å². The zero-order valence-corrected chi connectivity index (χ0v) is 13.8. The molecule has 1 aromatic heterocycles. The summed E-state index contributed by atoms with van der Waals surface area (Å²) in [6.07, 6.45) is -0.100.